The SMILES string of the molecule is CC(Cl)C(=O)Nc1ccccc1NS(C)(=O)=O. The van der Waals surface area contributed by atoms with Crippen molar-refractivity contribution in [1.82, 2.24) is 0 Å². The molecule has 0 aliphatic carbocycles. The minimum Gasteiger partial charge on any atom is -0.323 e. The van der Waals surface area contributed by atoms with Gasteiger partial charge in [-0.05, 0) is 19.1 Å². The van der Waals surface area contributed by atoms with Crippen molar-refractivity contribution in [3.8, 4) is 0 Å². The van der Waals surface area contributed by atoms with E-state index in [0.29, 0.717) is 11.4 Å². The van der Waals surface area contributed by atoms with Crippen molar-refractivity contribution >= 4 is 38.9 Å². The molecular formula is C10H13ClN2O3S. The van der Waals surface area contributed by atoms with Crippen molar-refractivity contribution in [2.75, 3.05) is 16.3 Å². The standard InChI is InChI=1S/C10H13ClN2O3S/c1-7(11)10(14)12-8-5-3-4-6-9(8)13-17(2,15)16/h3-7,13H,1-2H3,(H,12,14). The van der Waals surface area contributed by atoms with Gasteiger partial charge in [-0.3, -0.25) is 9.52 Å². The largest absolute Gasteiger partial charge is 0.323 e. The first-order chi connectivity index (χ1) is 7.79. The minimum absolute atomic E-state index is 0.306. The van der Waals surface area contributed by atoms with E-state index in [4.69, 9.17) is 11.6 Å². The van der Waals surface area contributed by atoms with Crippen LogP contribution in [0.5, 0.6) is 0 Å². The summed E-state index contributed by atoms with van der Waals surface area (Å²) in [5.74, 6) is -0.394. The summed E-state index contributed by atoms with van der Waals surface area (Å²) in [6.45, 7) is 1.53. The predicted octanol–water partition coefficient (Wildman–Crippen LogP) is 1.62. The quantitative estimate of drug-likeness (QED) is 0.821. The van der Waals surface area contributed by atoms with Gasteiger partial charge in [-0.25, -0.2) is 8.42 Å². The van der Waals surface area contributed by atoms with E-state index in [-0.39, 0.29) is 0 Å². The molecule has 0 radical (unpaired) electrons. The first kappa shape index (κ1) is 13.8. The van der Waals surface area contributed by atoms with Crippen LogP contribution in [-0.2, 0) is 14.8 Å². The van der Waals surface area contributed by atoms with Gasteiger partial charge in [-0.1, -0.05) is 12.1 Å². The van der Waals surface area contributed by atoms with Crippen LogP contribution in [0.15, 0.2) is 24.3 Å². The second-order valence-corrected chi connectivity index (χ2v) is 5.93. The molecule has 1 amide bonds. The Morgan fingerprint density at radius 3 is 2.29 bits per heavy atom. The van der Waals surface area contributed by atoms with Gasteiger partial charge in [0.25, 0.3) is 0 Å². The molecule has 0 spiro atoms. The fraction of sp³-hybridized carbons (Fsp3) is 0.300. The van der Waals surface area contributed by atoms with Crippen LogP contribution in [0.25, 0.3) is 0 Å². The fourth-order valence-corrected chi connectivity index (χ4v) is 1.75. The molecule has 0 heterocycles. The van der Waals surface area contributed by atoms with Crippen LogP contribution in [0.1, 0.15) is 6.92 Å². The number of carbonyl (C=O) groups excluding carboxylic acids is 1. The molecule has 0 saturated carbocycles. The smallest absolute Gasteiger partial charge is 0.242 e. The molecule has 0 aliphatic heterocycles. The third-order valence-electron chi connectivity index (χ3n) is 1.84. The van der Waals surface area contributed by atoms with Gasteiger partial charge in [-0.15, -0.1) is 11.6 Å². The maximum absolute atomic E-state index is 11.4. The topological polar surface area (TPSA) is 75.3 Å². The Labute approximate surface area is 105 Å². The molecule has 0 saturated heterocycles. The summed E-state index contributed by atoms with van der Waals surface area (Å²) in [7, 11) is -3.39. The lowest BCUT2D eigenvalue weighted by atomic mass is 10.2. The summed E-state index contributed by atoms with van der Waals surface area (Å²) in [4.78, 5) is 11.4. The highest BCUT2D eigenvalue weighted by Gasteiger charge is 2.12. The summed E-state index contributed by atoms with van der Waals surface area (Å²) < 4.78 is 24.6. The van der Waals surface area contributed by atoms with Crippen LogP contribution < -0.4 is 10.0 Å². The Balaban J connectivity index is 2.96. The number of anilines is 2. The lowest BCUT2D eigenvalue weighted by Gasteiger charge is -2.12. The van der Waals surface area contributed by atoms with Crippen LogP contribution in [0.2, 0.25) is 0 Å². The van der Waals surface area contributed by atoms with Crippen molar-refractivity contribution in [2.24, 2.45) is 0 Å². The Morgan fingerprint density at radius 1 is 1.29 bits per heavy atom. The molecule has 7 heteroatoms. The Bertz CT molecular complexity index is 514. The number of halogens is 1. The van der Waals surface area contributed by atoms with Crippen LogP contribution in [0, 0.1) is 0 Å². The summed E-state index contributed by atoms with van der Waals surface area (Å²) in [6.07, 6.45) is 1.04. The molecular weight excluding hydrogens is 264 g/mol. The number of benzene rings is 1. The highest BCUT2D eigenvalue weighted by Crippen LogP contribution is 2.22. The van der Waals surface area contributed by atoms with Gasteiger partial charge >= 0.3 is 0 Å². The number of nitrogens with one attached hydrogen (secondary N) is 2. The van der Waals surface area contributed by atoms with Gasteiger partial charge in [0.15, 0.2) is 0 Å². The van der Waals surface area contributed by atoms with E-state index in [1.54, 1.807) is 24.3 Å². The van der Waals surface area contributed by atoms with E-state index in [1.165, 1.54) is 6.92 Å². The molecule has 0 bridgehead atoms. The van der Waals surface area contributed by atoms with Gasteiger partial charge in [0.1, 0.15) is 5.38 Å². The first-order valence-corrected chi connectivity index (χ1v) is 7.14. The molecule has 1 aromatic carbocycles. The molecule has 1 rings (SSSR count). The van der Waals surface area contributed by atoms with E-state index in [9.17, 15) is 13.2 Å². The van der Waals surface area contributed by atoms with Crippen LogP contribution in [0.3, 0.4) is 0 Å². The summed E-state index contributed by atoms with van der Waals surface area (Å²) >= 11 is 5.61. The van der Waals surface area contributed by atoms with E-state index < -0.39 is 21.3 Å². The molecule has 5 nitrogen and oxygen atoms in total. The van der Waals surface area contributed by atoms with E-state index in [2.05, 4.69) is 10.0 Å². The van der Waals surface area contributed by atoms with Crippen molar-refractivity contribution < 1.29 is 13.2 Å². The van der Waals surface area contributed by atoms with Crippen LogP contribution in [0.4, 0.5) is 11.4 Å². The maximum atomic E-state index is 11.4. The molecule has 0 aromatic heterocycles. The average molecular weight is 277 g/mol. The Morgan fingerprint density at radius 2 is 1.82 bits per heavy atom. The monoisotopic (exact) mass is 276 g/mol. The number of hydrogen-bond donors (Lipinski definition) is 2. The minimum atomic E-state index is -3.39. The molecule has 94 valence electrons. The van der Waals surface area contributed by atoms with Crippen molar-refractivity contribution in [2.45, 2.75) is 12.3 Å². The summed E-state index contributed by atoms with van der Waals surface area (Å²) in [5, 5.41) is 1.84. The Hall–Kier alpha value is -1.27. The zero-order valence-corrected chi connectivity index (χ0v) is 11.0. The van der Waals surface area contributed by atoms with Crippen molar-refractivity contribution in [3.63, 3.8) is 0 Å². The van der Waals surface area contributed by atoms with Crippen LogP contribution >= 0.6 is 11.6 Å². The van der Waals surface area contributed by atoms with Gasteiger partial charge in [0.2, 0.25) is 15.9 Å². The van der Waals surface area contributed by atoms with Crippen molar-refractivity contribution in [3.05, 3.63) is 24.3 Å². The van der Waals surface area contributed by atoms with Crippen LogP contribution in [-0.4, -0.2) is 26.0 Å². The van der Waals surface area contributed by atoms with Gasteiger partial charge in [0.05, 0.1) is 17.6 Å². The fourth-order valence-electron chi connectivity index (χ4n) is 1.11. The van der Waals surface area contributed by atoms with Gasteiger partial charge in [-0.2, -0.15) is 0 Å². The third kappa shape index (κ3) is 4.62. The molecule has 0 aliphatic rings. The number of sulfonamides is 1. The zero-order chi connectivity index (χ0) is 13.1. The number of carbonyl (C=O) groups is 1. The van der Waals surface area contributed by atoms with Crippen molar-refractivity contribution in [1.29, 1.82) is 0 Å². The molecule has 1 aromatic rings. The third-order valence-corrected chi connectivity index (χ3v) is 2.63. The summed E-state index contributed by atoms with van der Waals surface area (Å²) in [6, 6.07) is 6.48. The average Bonchev–Trinajstić information content (AvgIpc) is 2.18. The summed E-state index contributed by atoms with van der Waals surface area (Å²) in [5.41, 5.74) is 0.677. The Kier molecular flexibility index (Phi) is 4.36. The molecule has 0 fully saturated rings. The highest BCUT2D eigenvalue weighted by atomic mass is 35.5. The zero-order valence-electron chi connectivity index (χ0n) is 9.40. The van der Waals surface area contributed by atoms with E-state index in [0.717, 1.165) is 6.26 Å². The number of alkyl halides is 1. The predicted molar refractivity (Wildman–Crippen MR) is 68.9 cm³/mol. The second-order valence-electron chi connectivity index (χ2n) is 3.53. The first-order valence-electron chi connectivity index (χ1n) is 4.81. The molecule has 1 unspecified atom stereocenters. The van der Waals surface area contributed by atoms with E-state index in [1.807, 2.05) is 0 Å². The lowest BCUT2D eigenvalue weighted by Crippen LogP contribution is -2.21. The molecule has 17 heavy (non-hydrogen) atoms. The number of para-hydroxylation sites is 2. The van der Waals surface area contributed by atoms with Gasteiger partial charge in [0, 0.05) is 0 Å². The number of hydrogen-bond acceptors (Lipinski definition) is 3. The molecule has 1 atom stereocenters. The highest BCUT2D eigenvalue weighted by molar-refractivity contribution is 7.92. The molecule has 2 N–H and O–H groups in total. The number of rotatable bonds is 4. The van der Waals surface area contributed by atoms with E-state index >= 15 is 0 Å². The van der Waals surface area contributed by atoms with Gasteiger partial charge < -0.3 is 5.32 Å². The maximum Gasteiger partial charge on any atom is 0.242 e. The second kappa shape index (κ2) is 5.37. The normalized spacial score (nSPS) is 12.9. The number of amides is 1. The lowest BCUT2D eigenvalue weighted by molar-refractivity contribution is -0.115.